The van der Waals surface area contributed by atoms with Gasteiger partial charge in [0.2, 0.25) is 0 Å². The van der Waals surface area contributed by atoms with E-state index in [0.29, 0.717) is 39.6 Å². The third-order valence-electron chi connectivity index (χ3n) is 4.75. The monoisotopic (exact) mass is 503 g/mol. The summed E-state index contributed by atoms with van der Waals surface area (Å²) in [6.07, 6.45) is 2.08. The molecule has 0 radical (unpaired) electrons. The van der Waals surface area contributed by atoms with Crippen molar-refractivity contribution >= 4 is 50.8 Å². The largest absolute Gasteiger partial charge is 0.492 e. The maximum atomic E-state index is 12.6. The highest BCUT2D eigenvalue weighted by molar-refractivity contribution is 9.10. The smallest absolute Gasteiger partial charge is 0.257 e. The summed E-state index contributed by atoms with van der Waals surface area (Å²) in [7, 11) is 0. The highest BCUT2D eigenvalue weighted by atomic mass is 79.9. The summed E-state index contributed by atoms with van der Waals surface area (Å²) in [5.74, 6) is 0.770. The number of benzene rings is 2. The van der Waals surface area contributed by atoms with Crippen molar-refractivity contribution in [2.45, 2.75) is 26.7 Å². The van der Waals surface area contributed by atoms with E-state index in [1.165, 1.54) is 0 Å². The van der Waals surface area contributed by atoms with Gasteiger partial charge in [-0.3, -0.25) is 14.9 Å². The van der Waals surface area contributed by atoms with Gasteiger partial charge in [-0.05, 0) is 83.3 Å². The number of nitrogens with one attached hydrogen (secondary N) is 2. The predicted molar refractivity (Wildman–Crippen MR) is 130 cm³/mol. The minimum Gasteiger partial charge on any atom is -0.492 e. The van der Waals surface area contributed by atoms with Crippen LogP contribution in [0.25, 0.3) is 0 Å². The summed E-state index contributed by atoms with van der Waals surface area (Å²) in [6, 6.07) is 12.3. The van der Waals surface area contributed by atoms with Gasteiger partial charge in [-0.1, -0.05) is 19.9 Å². The Morgan fingerprint density at radius 3 is 2.55 bits per heavy atom. The Kier molecular flexibility index (Phi) is 8.03. The Hall–Kier alpha value is -2.45. The first-order chi connectivity index (χ1) is 14.8. The molecule has 1 aliphatic rings. The standard InChI is InChI=1S/C23H26BrN3O3S/c1-15(2)14-30-20-9-8-16(13-19(20)24)21(28)26-23(31)25-18-7-5-6-17(12-18)22(29)27-10-3-4-11-27/h5-9,12-13,15H,3-4,10-11,14H2,1-2H3,(H2,25,26,28,31). The molecule has 2 aromatic carbocycles. The van der Waals surface area contributed by atoms with E-state index in [-0.39, 0.29) is 16.9 Å². The number of hydrogen-bond donors (Lipinski definition) is 2. The molecule has 0 bridgehead atoms. The van der Waals surface area contributed by atoms with E-state index in [0.717, 1.165) is 25.9 Å². The van der Waals surface area contributed by atoms with Gasteiger partial charge < -0.3 is 15.0 Å². The van der Waals surface area contributed by atoms with Crippen molar-refractivity contribution < 1.29 is 14.3 Å². The fourth-order valence-corrected chi connectivity index (χ4v) is 3.89. The van der Waals surface area contributed by atoms with Crippen LogP contribution < -0.4 is 15.4 Å². The molecule has 1 saturated heterocycles. The molecule has 0 saturated carbocycles. The lowest BCUT2D eigenvalue weighted by Gasteiger charge is -2.16. The van der Waals surface area contributed by atoms with Crippen LogP contribution in [0.2, 0.25) is 0 Å². The lowest BCUT2D eigenvalue weighted by atomic mass is 10.1. The Morgan fingerprint density at radius 1 is 1.13 bits per heavy atom. The maximum absolute atomic E-state index is 12.6. The Balaban J connectivity index is 1.59. The van der Waals surface area contributed by atoms with Crippen molar-refractivity contribution in [3.8, 4) is 5.75 Å². The van der Waals surface area contributed by atoms with Crippen molar-refractivity contribution in [3.63, 3.8) is 0 Å². The van der Waals surface area contributed by atoms with Crippen molar-refractivity contribution in [2.24, 2.45) is 5.92 Å². The Bertz CT molecular complexity index is 974. The average Bonchev–Trinajstić information content (AvgIpc) is 3.27. The van der Waals surface area contributed by atoms with Gasteiger partial charge in [-0.15, -0.1) is 0 Å². The van der Waals surface area contributed by atoms with Crippen molar-refractivity contribution in [3.05, 3.63) is 58.1 Å². The van der Waals surface area contributed by atoms with Crippen molar-refractivity contribution in [1.82, 2.24) is 10.2 Å². The van der Waals surface area contributed by atoms with Crippen LogP contribution in [-0.4, -0.2) is 41.5 Å². The second-order valence-corrected chi connectivity index (χ2v) is 9.10. The van der Waals surface area contributed by atoms with Crippen LogP contribution in [0, 0.1) is 5.92 Å². The number of carbonyl (C=O) groups excluding carboxylic acids is 2. The summed E-state index contributed by atoms with van der Waals surface area (Å²) in [6.45, 7) is 6.32. The molecule has 1 fully saturated rings. The number of nitrogens with zero attached hydrogens (tertiary/aromatic N) is 1. The maximum Gasteiger partial charge on any atom is 0.257 e. The number of amides is 2. The molecule has 164 valence electrons. The number of carbonyl (C=O) groups is 2. The van der Waals surface area contributed by atoms with Crippen LogP contribution in [-0.2, 0) is 0 Å². The average molecular weight is 504 g/mol. The molecule has 1 aliphatic heterocycles. The predicted octanol–water partition coefficient (Wildman–Crippen LogP) is 4.85. The third kappa shape index (κ3) is 6.51. The Labute approximate surface area is 196 Å². The molecule has 2 amide bonds. The highest BCUT2D eigenvalue weighted by Gasteiger charge is 2.19. The zero-order valence-electron chi connectivity index (χ0n) is 17.6. The second kappa shape index (κ2) is 10.7. The molecule has 3 rings (SSSR count). The van der Waals surface area contributed by atoms with E-state index < -0.39 is 0 Å². The molecular formula is C23H26BrN3O3S. The number of ether oxygens (including phenoxy) is 1. The van der Waals surface area contributed by atoms with Gasteiger partial charge in [-0.25, -0.2) is 0 Å². The zero-order chi connectivity index (χ0) is 22.4. The molecule has 0 unspecified atom stereocenters. The SMILES string of the molecule is CC(C)COc1ccc(C(=O)NC(=S)Nc2cccc(C(=O)N3CCCC3)c2)cc1Br. The lowest BCUT2D eigenvalue weighted by Crippen LogP contribution is -2.34. The summed E-state index contributed by atoms with van der Waals surface area (Å²) >= 11 is 8.73. The van der Waals surface area contributed by atoms with Crippen LogP contribution >= 0.6 is 28.1 Å². The van der Waals surface area contributed by atoms with Gasteiger partial charge in [-0.2, -0.15) is 0 Å². The van der Waals surface area contributed by atoms with Gasteiger partial charge in [0.1, 0.15) is 5.75 Å². The lowest BCUT2D eigenvalue weighted by molar-refractivity contribution is 0.0792. The van der Waals surface area contributed by atoms with E-state index in [9.17, 15) is 9.59 Å². The minimum atomic E-state index is -0.335. The Morgan fingerprint density at radius 2 is 1.87 bits per heavy atom. The number of halogens is 1. The molecule has 0 aliphatic carbocycles. The van der Waals surface area contributed by atoms with Gasteiger partial charge >= 0.3 is 0 Å². The van der Waals surface area contributed by atoms with Gasteiger partial charge in [0, 0.05) is 29.9 Å². The topological polar surface area (TPSA) is 70.7 Å². The summed E-state index contributed by atoms with van der Waals surface area (Å²) in [5, 5.41) is 5.81. The second-order valence-electron chi connectivity index (χ2n) is 7.84. The van der Waals surface area contributed by atoms with E-state index in [2.05, 4.69) is 40.4 Å². The molecule has 1 heterocycles. The van der Waals surface area contributed by atoms with Crippen LogP contribution in [0.1, 0.15) is 47.4 Å². The first kappa shape index (κ1) is 23.2. The number of likely N-dealkylation sites (tertiary alicyclic amines) is 1. The first-order valence-electron chi connectivity index (χ1n) is 10.3. The van der Waals surface area contributed by atoms with Crippen LogP contribution in [0.3, 0.4) is 0 Å². The number of hydrogen-bond acceptors (Lipinski definition) is 4. The van der Waals surface area contributed by atoms with Gasteiger partial charge in [0.25, 0.3) is 11.8 Å². The van der Waals surface area contributed by atoms with Crippen LogP contribution in [0.5, 0.6) is 5.75 Å². The highest BCUT2D eigenvalue weighted by Crippen LogP contribution is 2.26. The summed E-state index contributed by atoms with van der Waals surface area (Å²) < 4.78 is 6.41. The number of thiocarbonyl (C=S) groups is 1. The number of anilines is 1. The normalized spacial score (nSPS) is 13.2. The summed E-state index contributed by atoms with van der Waals surface area (Å²) in [5.41, 5.74) is 1.70. The zero-order valence-corrected chi connectivity index (χ0v) is 20.0. The fraction of sp³-hybridized carbons (Fsp3) is 0.348. The summed E-state index contributed by atoms with van der Waals surface area (Å²) in [4.78, 5) is 27.0. The molecule has 2 aromatic rings. The van der Waals surface area contributed by atoms with Crippen molar-refractivity contribution in [1.29, 1.82) is 0 Å². The molecule has 31 heavy (non-hydrogen) atoms. The van der Waals surface area contributed by atoms with E-state index in [1.807, 2.05) is 4.90 Å². The molecule has 0 aromatic heterocycles. The van der Waals surface area contributed by atoms with E-state index in [1.54, 1.807) is 42.5 Å². The molecule has 8 heteroatoms. The van der Waals surface area contributed by atoms with Gasteiger partial charge in [0.15, 0.2) is 5.11 Å². The number of rotatable bonds is 6. The van der Waals surface area contributed by atoms with Crippen LogP contribution in [0.15, 0.2) is 46.9 Å². The van der Waals surface area contributed by atoms with E-state index in [4.69, 9.17) is 17.0 Å². The fourth-order valence-electron chi connectivity index (χ4n) is 3.19. The third-order valence-corrected chi connectivity index (χ3v) is 5.58. The minimum absolute atomic E-state index is 0.0146. The molecule has 2 N–H and O–H groups in total. The van der Waals surface area contributed by atoms with Crippen molar-refractivity contribution in [2.75, 3.05) is 25.0 Å². The molecule has 0 atom stereocenters. The quantitative estimate of drug-likeness (QED) is 0.551. The van der Waals surface area contributed by atoms with E-state index >= 15 is 0 Å². The molecule has 6 nitrogen and oxygen atoms in total. The first-order valence-corrected chi connectivity index (χ1v) is 11.5. The van der Waals surface area contributed by atoms with Crippen LogP contribution in [0.4, 0.5) is 5.69 Å². The molecule has 0 spiro atoms. The molecular weight excluding hydrogens is 478 g/mol. The van der Waals surface area contributed by atoms with Gasteiger partial charge in [0.05, 0.1) is 11.1 Å².